The quantitative estimate of drug-likeness (QED) is 0.326. The molecule has 16 heteroatoms. The molecule has 0 spiro atoms. The molecule has 3 N–H and O–H groups in total. The molecule has 1 aromatic heterocycles. The number of allylic oxidation sites excluding steroid dienone is 1. The number of hydrogen-bond acceptors (Lipinski definition) is 10. The summed E-state index contributed by atoms with van der Waals surface area (Å²) in [4.78, 5) is 62.1. The second-order valence-corrected chi connectivity index (χ2v) is 18.7. The van der Waals surface area contributed by atoms with Crippen molar-refractivity contribution >= 4 is 44.6 Å². The highest BCUT2D eigenvalue weighted by Crippen LogP contribution is 2.48. The summed E-state index contributed by atoms with van der Waals surface area (Å²) in [6, 6.07) is 4.94. The number of methoxy groups -OCH3 is 1. The van der Waals surface area contributed by atoms with Crippen molar-refractivity contribution in [3.05, 3.63) is 42.6 Å². The van der Waals surface area contributed by atoms with Gasteiger partial charge in [-0.1, -0.05) is 32.1 Å². The van der Waals surface area contributed by atoms with E-state index >= 15 is 0 Å². The van der Waals surface area contributed by atoms with Crippen LogP contribution < -0.4 is 24.8 Å². The third-order valence-corrected chi connectivity index (χ3v) is 13.3. The minimum atomic E-state index is -4.38. The lowest BCUT2D eigenvalue weighted by Gasteiger charge is -2.33. The number of benzene rings is 1. The van der Waals surface area contributed by atoms with E-state index in [-0.39, 0.29) is 49.9 Å². The van der Waals surface area contributed by atoms with Gasteiger partial charge >= 0.3 is 6.09 Å². The predicted molar refractivity (Wildman–Crippen MR) is 201 cm³/mol. The third-order valence-electron chi connectivity index (χ3n) is 11.2. The summed E-state index contributed by atoms with van der Waals surface area (Å²) >= 11 is 0. The topological polar surface area (TPSA) is 182 Å². The summed E-state index contributed by atoms with van der Waals surface area (Å²) in [6.07, 6.45) is 5.94. The van der Waals surface area contributed by atoms with E-state index in [4.69, 9.17) is 14.2 Å². The number of nitrogens with one attached hydrogen (secondary N) is 3. The molecule has 0 bridgehead atoms. The first-order chi connectivity index (χ1) is 25.9. The van der Waals surface area contributed by atoms with Gasteiger partial charge in [-0.3, -0.25) is 19.1 Å². The number of rotatable bonds is 8. The largest absolute Gasteiger partial charge is 0.496 e. The molecule has 55 heavy (non-hydrogen) atoms. The van der Waals surface area contributed by atoms with Gasteiger partial charge in [-0.25, -0.2) is 22.6 Å². The molecule has 3 heterocycles. The van der Waals surface area contributed by atoms with Gasteiger partial charge in [0.15, 0.2) is 0 Å². The molecule has 300 valence electrons. The Labute approximate surface area is 321 Å². The third kappa shape index (κ3) is 8.38. The fourth-order valence-corrected chi connectivity index (χ4v) is 9.19. The Hall–Kier alpha value is -4.47. The summed E-state index contributed by atoms with van der Waals surface area (Å²) in [7, 11) is -2.83. The number of carbonyl (C=O) groups excluding carboxylic acids is 4. The fourth-order valence-electron chi connectivity index (χ4n) is 7.77. The van der Waals surface area contributed by atoms with Crippen molar-refractivity contribution in [2.45, 2.75) is 114 Å². The van der Waals surface area contributed by atoms with Crippen LogP contribution in [0.15, 0.2) is 42.6 Å². The van der Waals surface area contributed by atoms with Gasteiger partial charge in [-0.15, -0.1) is 0 Å². The average molecular weight is 786 g/mol. The summed E-state index contributed by atoms with van der Waals surface area (Å²) in [5.74, 6) is -2.12. The summed E-state index contributed by atoms with van der Waals surface area (Å²) in [5.41, 5.74) is -2.49. The number of alkyl halides is 1. The van der Waals surface area contributed by atoms with Crippen LogP contribution >= 0.6 is 0 Å². The normalized spacial score (nSPS) is 30.1. The first-order valence-corrected chi connectivity index (χ1v) is 20.4. The van der Waals surface area contributed by atoms with Gasteiger partial charge in [0.2, 0.25) is 27.7 Å². The van der Waals surface area contributed by atoms with Crippen molar-refractivity contribution in [2.75, 3.05) is 20.3 Å². The molecule has 2 saturated carbocycles. The average Bonchev–Trinajstić information content (AvgIpc) is 4.02. The monoisotopic (exact) mass is 785 g/mol. The Kier molecular flexibility index (Phi) is 11.1. The first kappa shape index (κ1) is 40.2. The van der Waals surface area contributed by atoms with Crippen LogP contribution in [-0.2, 0) is 29.1 Å². The molecule has 2 aromatic rings. The van der Waals surface area contributed by atoms with Crippen molar-refractivity contribution in [1.29, 1.82) is 0 Å². The van der Waals surface area contributed by atoms with Crippen LogP contribution in [0.4, 0.5) is 9.18 Å². The van der Waals surface area contributed by atoms with Gasteiger partial charge in [0.1, 0.15) is 46.5 Å². The lowest BCUT2D eigenvalue weighted by Crippen LogP contribution is -2.59. The van der Waals surface area contributed by atoms with Gasteiger partial charge in [0, 0.05) is 29.3 Å². The SMILES string of the molecule is COc1cccc2c(O[C@@H]3C[C@H]4C(=O)N[C@]5(C(=O)NS(=O)(=O)C6(CF)CC6)C[C@H]5/C=C\CC[C@@H](C)C[C@@H](C)[C@H](NC(=O)OC(C)(C)C)C(=O)N4C3)nccc12. The Morgan fingerprint density at radius 1 is 1.11 bits per heavy atom. The molecule has 2 aliphatic carbocycles. The van der Waals surface area contributed by atoms with Gasteiger partial charge in [-0.05, 0) is 89.3 Å². The molecule has 1 saturated heterocycles. The Morgan fingerprint density at radius 3 is 2.53 bits per heavy atom. The van der Waals surface area contributed by atoms with Crippen LogP contribution in [0, 0.1) is 17.8 Å². The lowest BCUT2D eigenvalue weighted by atomic mass is 9.88. The van der Waals surface area contributed by atoms with Gasteiger partial charge in [0.25, 0.3) is 5.91 Å². The summed E-state index contributed by atoms with van der Waals surface area (Å²) in [5, 5.41) is 7.01. The van der Waals surface area contributed by atoms with Crippen molar-refractivity contribution in [3.63, 3.8) is 0 Å². The molecule has 7 atom stereocenters. The predicted octanol–water partition coefficient (Wildman–Crippen LogP) is 4.32. The molecular weight excluding hydrogens is 734 g/mol. The van der Waals surface area contributed by atoms with Crippen molar-refractivity contribution in [1.82, 2.24) is 25.2 Å². The second kappa shape index (κ2) is 15.2. The first-order valence-electron chi connectivity index (χ1n) is 18.9. The van der Waals surface area contributed by atoms with Crippen LogP contribution in [0.3, 0.4) is 0 Å². The summed E-state index contributed by atoms with van der Waals surface area (Å²) in [6.45, 7) is 7.87. The van der Waals surface area contributed by atoms with E-state index in [9.17, 15) is 32.0 Å². The van der Waals surface area contributed by atoms with Crippen LogP contribution in [0.2, 0.25) is 0 Å². The number of fused-ring (bicyclic) bond motifs is 3. The number of nitrogens with zero attached hydrogens (tertiary/aromatic N) is 2. The smallest absolute Gasteiger partial charge is 0.408 e. The molecular formula is C39H52FN5O9S. The van der Waals surface area contributed by atoms with Crippen LogP contribution in [0.25, 0.3) is 10.8 Å². The standard InChI is InChI=1S/C39H52FN5O9S/c1-23-10-7-8-11-25-20-39(25,35(48)44-55(50,51)38(22-40)15-16-38)43-32(46)29-19-26(53-33-28-12-9-13-30(52-6)27(28)14-17-41-33)21-45(29)34(47)31(24(2)18-23)42-36(49)54-37(3,4)5/h8-9,11-14,17,23-26,29,31H,7,10,15-16,18-22H2,1-6H3,(H,42,49)(H,43,46)(H,44,48)/b11-8-/t23-,24-,25-,26-,29+,31+,39-/m1/s1. The molecule has 14 nitrogen and oxygen atoms in total. The van der Waals surface area contributed by atoms with Gasteiger partial charge in [0.05, 0.1) is 13.7 Å². The number of halogens is 1. The van der Waals surface area contributed by atoms with Crippen LogP contribution in [0.5, 0.6) is 11.6 Å². The number of pyridine rings is 1. The molecule has 4 amide bonds. The molecule has 0 unspecified atom stereocenters. The number of sulfonamides is 1. The molecule has 4 aliphatic rings. The van der Waals surface area contributed by atoms with Gasteiger partial charge < -0.3 is 29.7 Å². The maximum atomic E-state index is 14.7. The van der Waals surface area contributed by atoms with Crippen LogP contribution in [-0.4, -0.2) is 96.5 Å². The van der Waals surface area contributed by atoms with Gasteiger partial charge in [-0.2, -0.15) is 0 Å². The van der Waals surface area contributed by atoms with E-state index < -0.39 is 80.5 Å². The zero-order valence-electron chi connectivity index (χ0n) is 32.2. The number of hydrogen-bond donors (Lipinski definition) is 3. The minimum Gasteiger partial charge on any atom is -0.496 e. The molecule has 3 fully saturated rings. The summed E-state index contributed by atoms with van der Waals surface area (Å²) < 4.78 is 58.1. The highest BCUT2D eigenvalue weighted by atomic mass is 32.2. The molecule has 2 aliphatic heterocycles. The van der Waals surface area contributed by atoms with E-state index in [1.165, 1.54) is 4.90 Å². The zero-order chi connectivity index (χ0) is 39.9. The highest BCUT2D eigenvalue weighted by molar-refractivity contribution is 7.91. The fraction of sp³-hybridized carbons (Fsp3) is 0.615. The molecule has 6 rings (SSSR count). The van der Waals surface area contributed by atoms with E-state index in [0.29, 0.717) is 24.0 Å². The van der Waals surface area contributed by atoms with Crippen molar-refractivity contribution in [3.8, 4) is 11.6 Å². The Balaban J connectivity index is 1.35. The molecule has 1 aromatic carbocycles. The number of ether oxygens (including phenoxy) is 3. The minimum absolute atomic E-state index is 0.00891. The number of amides is 4. The van der Waals surface area contributed by atoms with Crippen molar-refractivity contribution in [2.24, 2.45) is 17.8 Å². The number of alkyl carbamates (subject to hydrolysis) is 1. The second-order valence-electron chi connectivity index (χ2n) is 16.6. The number of aromatic nitrogens is 1. The van der Waals surface area contributed by atoms with E-state index in [1.807, 2.05) is 19.1 Å². The van der Waals surface area contributed by atoms with E-state index in [1.54, 1.807) is 58.4 Å². The zero-order valence-corrected chi connectivity index (χ0v) is 33.0. The highest BCUT2D eigenvalue weighted by Gasteiger charge is 2.64. The number of carbonyl (C=O) groups is 4. The van der Waals surface area contributed by atoms with E-state index in [0.717, 1.165) is 11.8 Å². The molecule has 0 radical (unpaired) electrons. The Bertz CT molecular complexity index is 1970. The van der Waals surface area contributed by atoms with Crippen LogP contribution in [0.1, 0.15) is 79.6 Å². The lowest BCUT2D eigenvalue weighted by molar-refractivity contribution is -0.142. The Morgan fingerprint density at radius 2 is 1.85 bits per heavy atom. The maximum absolute atomic E-state index is 14.7. The van der Waals surface area contributed by atoms with Crippen molar-refractivity contribution < 1.29 is 46.2 Å². The maximum Gasteiger partial charge on any atom is 0.408 e. The van der Waals surface area contributed by atoms with E-state index in [2.05, 4.69) is 27.3 Å².